The predicted octanol–water partition coefficient (Wildman–Crippen LogP) is 4.24. The van der Waals surface area contributed by atoms with Crippen molar-refractivity contribution in [3.8, 4) is 0 Å². The van der Waals surface area contributed by atoms with Gasteiger partial charge in [-0.2, -0.15) is 0 Å². The molecule has 2 heteroatoms. The Kier molecular flexibility index (Phi) is 6.72. The van der Waals surface area contributed by atoms with E-state index in [9.17, 15) is 0 Å². The van der Waals surface area contributed by atoms with Crippen molar-refractivity contribution in [1.82, 2.24) is 10.2 Å². The lowest BCUT2D eigenvalue weighted by Gasteiger charge is -2.40. The maximum atomic E-state index is 3.59. The summed E-state index contributed by atoms with van der Waals surface area (Å²) in [5.74, 6) is 0.655. The number of rotatable bonds is 5. The average molecular weight is 288 g/mol. The highest BCUT2D eigenvalue weighted by molar-refractivity contribution is 5.21. The van der Waals surface area contributed by atoms with Crippen LogP contribution in [-0.4, -0.2) is 31.1 Å². The van der Waals surface area contributed by atoms with Crippen LogP contribution in [0.4, 0.5) is 0 Å². The van der Waals surface area contributed by atoms with Crippen LogP contribution < -0.4 is 5.32 Å². The molecule has 1 aliphatic rings. The highest BCUT2D eigenvalue weighted by Gasteiger charge is 2.30. The van der Waals surface area contributed by atoms with E-state index in [2.05, 4.69) is 61.4 Å². The smallest absolute Gasteiger partial charge is 0.0478 e. The quantitative estimate of drug-likeness (QED) is 0.872. The number of hydrogen-bond donors (Lipinski definition) is 1. The Bertz CT molecular complexity index is 380. The summed E-state index contributed by atoms with van der Waals surface area (Å²) in [6.07, 6.45) is 6.94. The van der Waals surface area contributed by atoms with Crippen LogP contribution in [0.25, 0.3) is 0 Å². The molecule has 2 rings (SSSR count). The third-order valence-electron chi connectivity index (χ3n) is 4.81. The largest absolute Gasteiger partial charge is 0.312 e. The van der Waals surface area contributed by atoms with E-state index >= 15 is 0 Å². The van der Waals surface area contributed by atoms with Gasteiger partial charge in [0.15, 0.2) is 0 Å². The van der Waals surface area contributed by atoms with Crippen LogP contribution >= 0.6 is 0 Å². The average Bonchev–Trinajstić information content (AvgIpc) is 2.46. The van der Waals surface area contributed by atoms with Crippen LogP contribution in [-0.2, 0) is 0 Å². The Morgan fingerprint density at radius 3 is 2.00 bits per heavy atom. The van der Waals surface area contributed by atoms with E-state index in [-0.39, 0.29) is 0 Å². The zero-order chi connectivity index (χ0) is 15.1. The molecule has 0 aromatic heterocycles. The first kappa shape index (κ1) is 16.5. The van der Waals surface area contributed by atoms with Gasteiger partial charge in [-0.25, -0.2) is 0 Å². The van der Waals surface area contributed by atoms with Crippen molar-refractivity contribution in [3.63, 3.8) is 0 Å². The molecule has 118 valence electrons. The van der Waals surface area contributed by atoms with Gasteiger partial charge in [-0.3, -0.25) is 4.90 Å². The Morgan fingerprint density at radius 2 is 1.48 bits per heavy atom. The topological polar surface area (TPSA) is 15.3 Å². The normalized spacial score (nSPS) is 20.8. The summed E-state index contributed by atoms with van der Waals surface area (Å²) >= 11 is 0. The van der Waals surface area contributed by atoms with Crippen LogP contribution in [0, 0.1) is 5.92 Å². The van der Waals surface area contributed by atoms with E-state index in [4.69, 9.17) is 0 Å². The first-order valence-electron chi connectivity index (χ1n) is 8.70. The van der Waals surface area contributed by atoms with Gasteiger partial charge in [-0.15, -0.1) is 0 Å². The first-order chi connectivity index (χ1) is 10.2. The molecular formula is C19H32N2. The van der Waals surface area contributed by atoms with Crippen LogP contribution in [0.2, 0.25) is 0 Å². The minimum atomic E-state index is 0.422. The van der Waals surface area contributed by atoms with Gasteiger partial charge < -0.3 is 5.32 Å². The number of nitrogens with one attached hydrogen (secondary N) is 1. The molecule has 1 N–H and O–H groups in total. The second kappa shape index (κ2) is 8.55. The Hall–Kier alpha value is -0.860. The summed E-state index contributed by atoms with van der Waals surface area (Å²) in [6, 6.07) is 12.0. The van der Waals surface area contributed by atoms with Gasteiger partial charge in [0.2, 0.25) is 0 Å². The van der Waals surface area contributed by atoms with E-state index in [1.165, 1.54) is 50.8 Å². The summed E-state index contributed by atoms with van der Waals surface area (Å²) < 4.78 is 0. The van der Waals surface area contributed by atoms with Gasteiger partial charge in [-0.05, 0) is 44.5 Å². The van der Waals surface area contributed by atoms with Crippen molar-refractivity contribution >= 4 is 0 Å². The molecule has 2 nitrogen and oxygen atoms in total. The van der Waals surface area contributed by atoms with E-state index in [1.807, 2.05) is 0 Å². The first-order valence-corrected chi connectivity index (χ1v) is 8.70. The van der Waals surface area contributed by atoms with Gasteiger partial charge in [-0.1, -0.05) is 63.4 Å². The molecule has 1 heterocycles. The molecular weight excluding hydrogens is 256 g/mol. The lowest BCUT2D eigenvalue weighted by Crippen LogP contribution is -2.48. The lowest BCUT2D eigenvalue weighted by molar-refractivity contribution is 0.109. The Labute approximate surface area is 130 Å². The third-order valence-corrected chi connectivity index (χ3v) is 4.81. The van der Waals surface area contributed by atoms with Gasteiger partial charge in [0.1, 0.15) is 0 Å². The standard InChI is InChI=1S/C19H32N2/c1-16(2)19(21-14-10-5-4-6-11-15-21)18(20-3)17-12-8-7-9-13-17/h7-9,12-13,16,18-20H,4-6,10-11,14-15H2,1-3H3. The Morgan fingerprint density at radius 1 is 0.905 bits per heavy atom. The maximum absolute atomic E-state index is 3.59. The molecule has 1 saturated heterocycles. The summed E-state index contributed by atoms with van der Waals surface area (Å²) in [6.45, 7) is 7.26. The molecule has 1 aliphatic heterocycles. The third kappa shape index (κ3) is 4.55. The Balaban J connectivity index is 2.19. The predicted molar refractivity (Wildman–Crippen MR) is 91.5 cm³/mol. The van der Waals surface area contributed by atoms with Gasteiger partial charge in [0, 0.05) is 12.1 Å². The lowest BCUT2D eigenvalue weighted by atomic mass is 9.89. The molecule has 0 aliphatic carbocycles. The fourth-order valence-corrected chi connectivity index (χ4v) is 3.78. The van der Waals surface area contributed by atoms with Crippen molar-refractivity contribution < 1.29 is 0 Å². The van der Waals surface area contributed by atoms with E-state index in [0.717, 1.165) is 0 Å². The zero-order valence-corrected chi connectivity index (χ0v) is 14.0. The van der Waals surface area contributed by atoms with E-state index < -0.39 is 0 Å². The van der Waals surface area contributed by atoms with Crippen molar-refractivity contribution in [2.24, 2.45) is 5.92 Å². The SMILES string of the molecule is CNC(c1ccccc1)C(C(C)C)N1CCCCCCC1. The molecule has 0 amide bonds. The number of hydrogen-bond acceptors (Lipinski definition) is 2. The fourth-order valence-electron chi connectivity index (χ4n) is 3.78. The van der Waals surface area contributed by atoms with Crippen LogP contribution in [0.5, 0.6) is 0 Å². The van der Waals surface area contributed by atoms with Crippen LogP contribution in [0.3, 0.4) is 0 Å². The summed E-state index contributed by atoms with van der Waals surface area (Å²) in [5, 5.41) is 3.59. The van der Waals surface area contributed by atoms with Crippen molar-refractivity contribution in [3.05, 3.63) is 35.9 Å². The molecule has 0 radical (unpaired) electrons. The van der Waals surface area contributed by atoms with Crippen molar-refractivity contribution in [2.45, 2.75) is 58.0 Å². The van der Waals surface area contributed by atoms with Crippen LogP contribution in [0.1, 0.15) is 57.6 Å². The molecule has 1 fully saturated rings. The van der Waals surface area contributed by atoms with E-state index in [0.29, 0.717) is 18.0 Å². The molecule has 1 aromatic rings. The molecule has 2 unspecified atom stereocenters. The summed E-state index contributed by atoms with van der Waals surface area (Å²) in [5.41, 5.74) is 1.42. The van der Waals surface area contributed by atoms with Gasteiger partial charge in [0.25, 0.3) is 0 Å². The fraction of sp³-hybridized carbons (Fsp3) is 0.684. The monoisotopic (exact) mass is 288 g/mol. The second-order valence-corrected chi connectivity index (χ2v) is 6.72. The van der Waals surface area contributed by atoms with E-state index in [1.54, 1.807) is 0 Å². The minimum Gasteiger partial charge on any atom is -0.312 e. The number of likely N-dealkylation sites (N-methyl/N-ethyl adjacent to an activating group) is 1. The summed E-state index contributed by atoms with van der Waals surface area (Å²) in [4.78, 5) is 2.75. The molecule has 0 bridgehead atoms. The van der Waals surface area contributed by atoms with Gasteiger partial charge >= 0.3 is 0 Å². The van der Waals surface area contributed by atoms with Gasteiger partial charge in [0.05, 0.1) is 0 Å². The molecule has 2 atom stereocenters. The van der Waals surface area contributed by atoms with Crippen LogP contribution in [0.15, 0.2) is 30.3 Å². The highest BCUT2D eigenvalue weighted by atomic mass is 15.2. The number of likely N-dealkylation sites (tertiary alicyclic amines) is 1. The molecule has 0 spiro atoms. The minimum absolute atomic E-state index is 0.422. The van der Waals surface area contributed by atoms with Crippen molar-refractivity contribution in [1.29, 1.82) is 0 Å². The second-order valence-electron chi connectivity index (χ2n) is 6.72. The zero-order valence-electron chi connectivity index (χ0n) is 14.0. The highest BCUT2D eigenvalue weighted by Crippen LogP contribution is 2.28. The molecule has 21 heavy (non-hydrogen) atoms. The maximum Gasteiger partial charge on any atom is 0.0478 e. The number of nitrogens with zero attached hydrogens (tertiary/aromatic N) is 1. The molecule has 0 saturated carbocycles. The number of benzene rings is 1. The molecule has 1 aromatic carbocycles. The summed E-state index contributed by atoms with van der Waals surface area (Å²) in [7, 11) is 2.11. The van der Waals surface area contributed by atoms with Crippen molar-refractivity contribution in [2.75, 3.05) is 20.1 Å².